The Morgan fingerprint density at radius 1 is 1.33 bits per heavy atom. The summed E-state index contributed by atoms with van der Waals surface area (Å²) in [4.78, 5) is 37.8. The number of amides is 2. The number of rotatable bonds is 6. The molecular weight excluding hydrogens is 368 g/mol. The van der Waals surface area contributed by atoms with Gasteiger partial charge in [0.1, 0.15) is 5.56 Å². The number of hydrogen-bond donors (Lipinski definition) is 2. The molecule has 0 radical (unpaired) electrons. The van der Waals surface area contributed by atoms with Crippen molar-refractivity contribution in [3.8, 4) is 0 Å². The van der Waals surface area contributed by atoms with Crippen molar-refractivity contribution in [3.05, 3.63) is 39.8 Å². The first kappa shape index (κ1) is 19.1. The summed E-state index contributed by atoms with van der Waals surface area (Å²) >= 11 is 1.37. The Hall–Kier alpha value is -2.68. The van der Waals surface area contributed by atoms with Gasteiger partial charge in [-0.05, 0) is 31.2 Å². The summed E-state index contributed by atoms with van der Waals surface area (Å²) in [5, 5.41) is 18.0. The molecule has 0 aliphatic carbocycles. The largest absolute Gasteiger partial charge is 0.478 e. The fraction of sp³-hybridized carbons (Fsp3) is 0.444. The number of likely N-dealkylation sites (tertiary alicyclic amines) is 1. The van der Waals surface area contributed by atoms with E-state index in [0.29, 0.717) is 30.2 Å². The molecule has 0 aromatic carbocycles. The van der Waals surface area contributed by atoms with E-state index < -0.39 is 5.97 Å². The van der Waals surface area contributed by atoms with Crippen LogP contribution >= 0.6 is 11.3 Å². The topological polar surface area (TPSA) is 105 Å². The van der Waals surface area contributed by atoms with E-state index in [0.717, 1.165) is 12.8 Å². The predicted octanol–water partition coefficient (Wildman–Crippen LogP) is 1.93. The summed E-state index contributed by atoms with van der Waals surface area (Å²) in [6, 6.07) is 3.66. The zero-order valence-corrected chi connectivity index (χ0v) is 15.9. The highest BCUT2D eigenvalue weighted by Gasteiger charge is 2.26. The van der Waals surface area contributed by atoms with Crippen molar-refractivity contribution in [2.45, 2.75) is 32.2 Å². The number of nitrogens with zero attached hydrogens (tertiary/aromatic N) is 3. The van der Waals surface area contributed by atoms with E-state index in [4.69, 9.17) is 5.11 Å². The SMILES string of the molecule is Cc1c(C(=O)O)cnn1C1CCN(C(=O)CCNC(=O)c2cccs2)CC1. The molecule has 1 aliphatic rings. The van der Waals surface area contributed by atoms with Gasteiger partial charge in [0.2, 0.25) is 5.91 Å². The third kappa shape index (κ3) is 4.36. The van der Waals surface area contributed by atoms with Crippen molar-refractivity contribution in [1.82, 2.24) is 20.0 Å². The first-order chi connectivity index (χ1) is 13.0. The number of carboxylic acids is 1. The van der Waals surface area contributed by atoms with Crippen LogP contribution in [0.4, 0.5) is 0 Å². The minimum atomic E-state index is -0.976. The van der Waals surface area contributed by atoms with Crippen LogP contribution < -0.4 is 5.32 Å². The van der Waals surface area contributed by atoms with Crippen molar-refractivity contribution < 1.29 is 19.5 Å². The van der Waals surface area contributed by atoms with Gasteiger partial charge in [-0.3, -0.25) is 14.3 Å². The number of nitrogens with one attached hydrogen (secondary N) is 1. The minimum absolute atomic E-state index is 0.0170. The summed E-state index contributed by atoms with van der Waals surface area (Å²) < 4.78 is 1.76. The lowest BCUT2D eigenvalue weighted by atomic mass is 10.0. The molecule has 2 aromatic heterocycles. The predicted molar refractivity (Wildman–Crippen MR) is 100 cm³/mol. The lowest BCUT2D eigenvalue weighted by molar-refractivity contribution is -0.132. The van der Waals surface area contributed by atoms with Gasteiger partial charge in [-0.15, -0.1) is 11.3 Å². The maximum absolute atomic E-state index is 12.3. The van der Waals surface area contributed by atoms with Crippen LogP contribution in [0.5, 0.6) is 0 Å². The van der Waals surface area contributed by atoms with Crippen LogP contribution in [0.3, 0.4) is 0 Å². The lowest BCUT2D eigenvalue weighted by Crippen LogP contribution is -2.40. The molecule has 2 N–H and O–H groups in total. The first-order valence-electron chi connectivity index (χ1n) is 8.84. The van der Waals surface area contributed by atoms with Gasteiger partial charge in [-0.25, -0.2) is 4.79 Å². The summed E-state index contributed by atoms with van der Waals surface area (Å²) in [5.41, 5.74) is 0.860. The number of thiophene rings is 1. The summed E-state index contributed by atoms with van der Waals surface area (Å²) in [5.74, 6) is -1.11. The summed E-state index contributed by atoms with van der Waals surface area (Å²) in [6.07, 6.45) is 3.11. The van der Waals surface area contributed by atoms with E-state index in [9.17, 15) is 14.4 Å². The van der Waals surface area contributed by atoms with Crippen LogP contribution in [-0.2, 0) is 4.79 Å². The second kappa shape index (κ2) is 8.34. The zero-order chi connectivity index (χ0) is 19.4. The Bertz CT molecular complexity index is 823. The number of carbonyl (C=O) groups excluding carboxylic acids is 2. The average Bonchev–Trinajstić information content (AvgIpc) is 3.31. The fourth-order valence-electron chi connectivity index (χ4n) is 3.30. The molecule has 27 heavy (non-hydrogen) atoms. The molecule has 2 amide bonds. The van der Waals surface area contributed by atoms with E-state index in [1.165, 1.54) is 17.5 Å². The van der Waals surface area contributed by atoms with Gasteiger partial charge in [-0.2, -0.15) is 5.10 Å². The Kier molecular flexibility index (Phi) is 5.90. The molecule has 0 spiro atoms. The van der Waals surface area contributed by atoms with Crippen molar-refractivity contribution in [1.29, 1.82) is 0 Å². The number of carboxylic acid groups (broad SMARTS) is 1. The van der Waals surface area contributed by atoms with Gasteiger partial charge < -0.3 is 15.3 Å². The molecule has 0 unspecified atom stereocenters. The third-order valence-corrected chi connectivity index (χ3v) is 5.68. The monoisotopic (exact) mass is 390 g/mol. The quantitative estimate of drug-likeness (QED) is 0.784. The second-order valence-electron chi connectivity index (χ2n) is 6.49. The normalized spacial score (nSPS) is 14.9. The molecule has 1 aliphatic heterocycles. The van der Waals surface area contributed by atoms with E-state index in [1.54, 1.807) is 22.6 Å². The molecule has 3 rings (SSSR count). The molecule has 0 atom stereocenters. The van der Waals surface area contributed by atoms with Crippen LogP contribution in [0.15, 0.2) is 23.7 Å². The zero-order valence-electron chi connectivity index (χ0n) is 15.1. The Balaban J connectivity index is 1.45. The third-order valence-electron chi connectivity index (χ3n) is 4.81. The van der Waals surface area contributed by atoms with Gasteiger partial charge in [-0.1, -0.05) is 6.07 Å². The van der Waals surface area contributed by atoms with Gasteiger partial charge >= 0.3 is 5.97 Å². The molecule has 8 nitrogen and oxygen atoms in total. The Morgan fingerprint density at radius 2 is 2.07 bits per heavy atom. The van der Waals surface area contributed by atoms with E-state index in [1.807, 2.05) is 11.4 Å². The van der Waals surface area contributed by atoms with Crippen molar-refractivity contribution >= 4 is 29.1 Å². The van der Waals surface area contributed by atoms with E-state index in [2.05, 4.69) is 10.4 Å². The fourth-order valence-corrected chi connectivity index (χ4v) is 3.94. The van der Waals surface area contributed by atoms with Crippen LogP contribution in [0.2, 0.25) is 0 Å². The molecule has 1 saturated heterocycles. The molecular formula is C18H22N4O4S. The minimum Gasteiger partial charge on any atom is -0.478 e. The number of hydrogen-bond acceptors (Lipinski definition) is 5. The van der Waals surface area contributed by atoms with Gasteiger partial charge in [0.15, 0.2) is 0 Å². The van der Waals surface area contributed by atoms with Crippen molar-refractivity contribution in [2.24, 2.45) is 0 Å². The Morgan fingerprint density at radius 3 is 2.67 bits per heavy atom. The van der Waals surface area contributed by atoms with Crippen LogP contribution in [-0.4, -0.2) is 57.2 Å². The number of aromatic nitrogens is 2. The van der Waals surface area contributed by atoms with Gasteiger partial charge in [0.25, 0.3) is 5.91 Å². The molecule has 0 bridgehead atoms. The number of piperidine rings is 1. The lowest BCUT2D eigenvalue weighted by Gasteiger charge is -2.32. The molecule has 144 valence electrons. The van der Waals surface area contributed by atoms with Crippen LogP contribution in [0.1, 0.15) is 51.0 Å². The first-order valence-corrected chi connectivity index (χ1v) is 9.72. The molecule has 2 aromatic rings. The maximum atomic E-state index is 12.3. The number of carbonyl (C=O) groups is 3. The van der Waals surface area contributed by atoms with Crippen LogP contribution in [0, 0.1) is 6.92 Å². The highest BCUT2D eigenvalue weighted by atomic mass is 32.1. The summed E-state index contributed by atoms with van der Waals surface area (Å²) in [7, 11) is 0. The standard InChI is InChI=1S/C18H22N4O4S/c1-12-14(18(25)26)11-20-22(12)13-5-8-21(9-6-13)16(23)4-7-19-17(24)15-3-2-10-27-15/h2-3,10-11,13H,4-9H2,1H3,(H,19,24)(H,25,26). The maximum Gasteiger partial charge on any atom is 0.339 e. The van der Waals surface area contributed by atoms with Gasteiger partial charge in [0.05, 0.1) is 22.8 Å². The van der Waals surface area contributed by atoms with Crippen molar-refractivity contribution in [3.63, 3.8) is 0 Å². The highest BCUT2D eigenvalue weighted by molar-refractivity contribution is 7.12. The second-order valence-corrected chi connectivity index (χ2v) is 7.44. The highest BCUT2D eigenvalue weighted by Crippen LogP contribution is 2.25. The number of aromatic carboxylic acids is 1. The average molecular weight is 390 g/mol. The smallest absolute Gasteiger partial charge is 0.339 e. The van der Waals surface area contributed by atoms with Crippen LogP contribution in [0.25, 0.3) is 0 Å². The van der Waals surface area contributed by atoms with Gasteiger partial charge in [0, 0.05) is 26.1 Å². The Labute approximate surface area is 160 Å². The molecule has 3 heterocycles. The van der Waals surface area contributed by atoms with E-state index >= 15 is 0 Å². The van der Waals surface area contributed by atoms with Crippen molar-refractivity contribution in [2.75, 3.05) is 19.6 Å². The van der Waals surface area contributed by atoms with E-state index in [-0.39, 0.29) is 29.8 Å². The molecule has 9 heteroatoms. The molecule has 1 fully saturated rings. The molecule has 0 saturated carbocycles. The summed E-state index contributed by atoms with van der Waals surface area (Å²) in [6.45, 7) is 3.27.